The van der Waals surface area contributed by atoms with Crippen LogP contribution in [0, 0.1) is 46.8 Å². The zero-order valence-electron chi connectivity index (χ0n) is 19.3. The Hall–Kier alpha value is -0.980. The van der Waals surface area contributed by atoms with Gasteiger partial charge in [0, 0.05) is 18.8 Å². The number of nitrogens with zero attached hydrogens (tertiary/aromatic N) is 1. The summed E-state index contributed by atoms with van der Waals surface area (Å²) in [5.74, 6) is 7.11. The summed E-state index contributed by atoms with van der Waals surface area (Å²) in [6, 6.07) is 11.7. The maximum absolute atomic E-state index is 2.70. The largest absolute Gasteiger partial charge is 0.372 e. The second-order valence-corrected chi connectivity index (χ2v) is 11.8. The van der Waals surface area contributed by atoms with E-state index in [1.807, 2.05) is 0 Å². The van der Waals surface area contributed by atoms with Crippen molar-refractivity contribution in [2.24, 2.45) is 46.8 Å². The van der Waals surface area contributed by atoms with Gasteiger partial charge in [-0.15, -0.1) is 0 Å². The molecule has 4 fully saturated rings. The summed E-state index contributed by atoms with van der Waals surface area (Å²) in [5.41, 5.74) is 1.95. The number of hydrogen-bond acceptors (Lipinski definition) is 1. The van der Waals surface area contributed by atoms with Crippen LogP contribution >= 0.6 is 0 Å². The normalized spacial score (nSPS) is 45.0. The molecule has 0 spiro atoms. The highest BCUT2D eigenvalue weighted by Gasteiger charge is 2.57. The summed E-state index contributed by atoms with van der Waals surface area (Å²) >= 11 is 0. The predicted molar refractivity (Wildman–Crippen MR) is 124 cm³/mol. The molecule has 9 atom stereocenters. The molecule has 0 aliphatic heterocycles. The highest BCUT2D eigenvalue weighted by Crippen LogP contribution is 2.65. The number of para-hydroxylation sites is 1. The molecule has 160 valence electrons. The molecule has 0 heterocycles. The minimum Gasteiger partial charge on any atom is -0.372 e. The molecule has 3 unspecified atom stereocenters. The van der Waals surface area contributed by atoms with Crippen LogP contribution in [0.3, 0.4) is 0 Å². The lowest BCUT2D eigenvalue weighted by Gasteiger charge is -2.57. The first kappa shape index (κ1) is 20.0. The van der Waals surface area contributed by atoms with Crippen LogP contribution in [0.5, 0.6) is 0 Å². The van der Waals surface area contributed by atoms with Crippen LogP contribution in [0.25, 0.3) is 0 Å². The van der Waals surface area contributed by atoms with Crippen molar-refractivity contribution in [1.82, 2.24) is 0 Å². The average molecular weight is 394 g/mol. The van der Waals surface area contributed by atoms with Gasteiger partial charge in [-0.2, -0.15) is 0 Å². The van der Waals surface area contributed by atoms with Gasteiger partial charge in [0.15, 0.2) is 0 Å². The molecule has 0 radical (unpaired) electrons. The van der Waals surface area contributed by atoms with Crippen molar-refractivity contribution in [2.45, 2.75) is 84.6 Å². The van der Waals surface area contributed by atoms with E-state index in [1.165, 1.54) is 44.2 Å². The average Bonchev–Trinajstić information content (AvgIpc) is 3.10. The summed E-state index contributed by atoms with van der Waals surface area (Å²) in [6.07, 6.45) is 13.7. The molecule has 1 heteroatoms. The number of benzene rings is 1. The van der Waals surface area contributed by atoms with E-state index in [0.29, 0.717) is 11.5 Å². The SMILES string of the molecule is C[C@H]1CC[C@@H]2C3CC[C@@]4(C)C(CCC4[C@@H](C)N(C)c4ccccc4)[C@@H]3CC[C@@H]2C1. The first-order chi connectivity index (χ1) is 14.0. The molecule has 5 rings (SSSR count). The van der Waals surface area contributed by atoms with E-state index < -0.39 is 0 Å². The van der Waals surface area contributed by atoms with Gasteiger partial charge in [-0.25, -0.2) is 0 Å². The van der Waals surface area contributed by atoms with E-state index in [9.17, 15) is 0 Å². The minimum absolute atomic E-state index is 0.568. The van der Waals surface area contributed by atoms with Crippen molar-refractivity contribution in [3.05, 3.63) is 30.3 Å². The van der Waals surface area contributed by atoms with E-state index in [0.717, 1.165) is 41.4 Å². The first-order valence-corrected chi connectivity index (χ1v) is 12.8. The fourth-order valence-corrected chi connectivity index (χ4v) is 9.09. The van der Waals surface area contributed by atoms with E-state index in [4.69, 9.17) is 0 Å². The number of rotatable bonds is 3. The van der Waals surface area contributed by atoms with Gasteiger partial charge < -0.3 is 4.90 Å². The molecule has 0 N–H and O–H groups in total. The van der Waals surface area contributed by atoms with Crippen molar-refractivity contribution in [3.8, 4) is 0 Å². The van der Waals surface area contributed by atoms with Crippen molar-refractivity contribution in [2.75, 3.05) is 11.9 Å². The van der Waals surface area contributed by atoms with Crippen LogP contribution in [-0.4, -0.2) is 13.1 Å². The minimum atomic E-state index is 0.568. The van der Waals surface area contributed by atoms with Gasteiger partial charge in [-0.1, -0.05) is 38.5 Å². The molecular formula is C28H43N. The van der Waals surface area contributed by atoms with Crippen molar-refractivity contribution < 1.29 is 0 Å². The monoisotopic (exact) mass is 393 g/mol. The van der Waals surface area contributed by atoms with Crippen LogP contribution in [0.4, 0.5) is 5.69 Å². The maximum Gasteiger partial charge on any atom is 0.0366 e. The van der Waals surface area contributed by atoms with Crippen molar-refractivity contribution in [3.63, 3.8) is 0 Å². The lowest BCUT2D eigenvalue weighted by atomic mass is 9.49. The number of anilines is 1. The molecule has 0 aromatic heterocycles. The zero-order chi connectivity index (χ0) is 20.2. The summed E-state index contributed by atoms with van der Waals surface area (Å²) in [5, 5.41) is 0. The number of hydrogen-bond donors (Lipinski definition) is 0. The van der Waals surface area contributed by atoms with Crippen molar-refractivity contribution in [1.29, 1.82) is 0 Å². The Morgan fingerprint density at radius 3 is 2.45 bits per heavy atom. The Balaban J connectivity index is 1.34. The zero-order valence-corrected chi connectivity index (χ0v) is 19.3. The molecule has 29 heavy (non-hydrogen) atoms. The number of fused-ring (bicyclic) bond motifs is 5. The molecular weight excluding hydrogens is 350 g/mol. The van der Waals surface area contributed by atoms with Crippen LogP contribution in [0.2, 0.25) is 0 Å². The van der Waals surface area contributed by atoms with E-state index in [1.54, 1.807) is 19.3 Å². The van der Waals surface area contributed by atoms with E-state index in [-0.39, 0.29) is 0 Å². The smallest absolute Gasteiger partial charge is 0.0366 e. The van der Waals surface area contributed by atoms with Gasteiger partial charge >= 0.3 is 0 Å². The van der Waals surface area contributed by atoms with Crippen LogP contribution in [0.15, 0.2) is 30.3 Å². The molecule has 1 aromatic carbocycles. The molecule has 4 saturated carbocycles. The van der Waals surface area contributed by atoms with Crippen molar-refractivity contribution >= 4 is 5.69 Å². The maximum atomic E-state index is 2.70. The highest BCUT2D eigenvalue weighted by molar-refractivity contribution is 5.46. The quantitative estimate of drug-likeness (QED) is 0.516. The standard InChI is InChI=1S/C28H43N/c1-19-10-12-23-21(18-19)11-13-25-24(23)16-17-28(3)26(14-15-27(25)28)20(2)29(4)22-8-6-5-7-9-22/h5-9,19-21,23-27H,10-18H2,1-4H3/t19-,20+,21+,23-,24?,25+,26?,27?,28+/m0/s1. The summed E-state index contributed by atoms with van der Waals surface area (Å²) in [6.45, 7) is 7.72. The Labute approximate surface area is 179 Å². The van der Waals surface area contributed by atoms with Crippen LogP contribution < -0.4 is 4.90 Å². The van der Waals surface area contributed by atoms with E-state index >= 15 is 0 Å². The Kier molecular flexibility index (Phi) is 5.24. The van der Waals surface area contributed by atoms with Gasteiger partial charge in [0.1, 0.15) is 0 Å². The fraction of sp³-hybridized carbons (Fsp3) is 0.786. The molecule has 0 amide bonds. The lowest BCUT2D eigenvalue weighted by molar-refractivity contribution is -0.0690. The second kappa shape index (κ2) is 7.61. The first-order valence-electron chi connectivity index (χ1n) is 12.8. The summed E-state index contributed by atoms with van der Waals surface area (Å²) in [7, 11) is 2.33. The molecule has 1 aromatic rings. The third kappa shape index (κ3) is 3.26. The molecule has 0 bridgehead atoms. The molecule has 0 saturated heterocycles. The molecule has 4 aliphatic rings. The second-order valence-electron chi connectivity index (χ2n) is 11.8. The topological polar surface area (TPSA) is 3.24 Å². The van der Waals surface area contributed by atoms with Crippen LogP contribution in [0.1, 0.15) is 78.6 Å². The highest BCUT2D eigenvalue weighted by atomic mass is 15.1. The van der Waals surface area contributed by atoms with E-state index in [2.05, 4.69) is 63.1 Å². The van der Waals surface area contributed by atoms with Crippen LogP contribution in [-0.2, 0) is 0 Å². The third-order valence-corrected chi connectivity index (χ3v) is 10.6. The Morgan fingerprint density at radius 2 is 1.66 bits per heavy atom. The third-order valence-electron chi connectivity index (χ3n) is 10.6. The van der Waals surface area contributed by atoms with Gasteiger partial charge in [-0.05, 0) is 117 Å². The molecule has 1 nitrogen and oxygen atoms in total. The van der Waals surface area contributed by atoms with Gasteiger partial charge in [-0.3, -0.25) is 0 Å². The molecule has 4 aliphatic carbocycles. The summed E-state index contributed by atoms with van der Waals surface area (Å²) < 4.78 is 0. The Bertz CT molecular complexity index is 698. The van der Waals surface area contributed by atoms with Gasteiger partial charge in [0.2, 0.25) is 0 Å². The fourth-order valence-electron chi connectivity index (χ4n) is 9.09. The lowest BCUT2D eigenvalue weighted by Crippen LogP contribution is -2.51. The van der Waals surface area contributed by atoms with Gasteiger partial charge in [0.05, 0.1) is 0 Å². The summed E-state index contributed by atoms with van der Waals surface area (Å²) in [4.78, 5) is 2.57. The van der Waals surface area contributed by atoms with Gasteiger partial charge in [0.25, 0.3) is 0 Å². The Morgan fingerprint density at radius 1 is 0.897 bits per heavy atom. The predicted octanol–water partition coefficient (Wildman–Crippen LogP) is 7.42.